The maximum absolute atomic E-state index is 6.25. The molecule has 1 atom stereocenters. The highest BCUT2D eigenvalue weighted by Gasteiger charge is 2.22. The Labute approximate surface area is 191 Å². The molecule has 0 aliphatic carbocycles. The summed E-state index contributed by atoms with van der Waals surface area (Å²) in [5.74, 6) is 1.32. The van der Waals surface area contributed by atoms with Crippen molar-refractivity contribution in [1.29, 1.82) is 0 Å². The fraction of sp³-hybridized carbons (Fsp3) is 0.455. The van der Waals surface area contributed by atoms with Gasteiger partial charge >= 0.3 is 0 Å². The second-order valence-corrected chi connectivity index (χ2v) is 8.82. The molecule has 4 nitrogen and oxygen atoms in total. The summed E-state index contributed by atoms with van der Waals surface area (Å²) in [5.41, 5.74) is 1.89. The molecule has 1 heterocycles. The van der Waals surface area contributed by atoms with Gasteiger partial charge in [0, 0.05) is 34.7 Å². The van der Waals surface area contributed by atoms with Crippen LogP contribution in [0, 0.1) is 0 Å². The third-order valence-electron chi connectivity index (χ3n) is 5.33. The van der Waals surface area contributed by atoms with Gasteiger partial charge in [-0.25, -0.2) is 0 Å². The van der Waals surface area contributed by atoms with Crippen LogP contribution in [0.5, 0.6) is 11.5 Å². The predicted molar refractivity (Wildman–Crippen MR) is 123 cm³/mol. The second kappa shape index (κ2) is 10.9. The Hall–Kier alpha value is -0.980. The second-order valence-electron chi connectivity index (χ2n) is 7.15. The first-order valence-electron chi connectivity index (χ1n) is 9.90. The van der Waals surface area contributed by atoms with Gasteiger partial charge in [0.2, 0.25) is 0 Å². The molecule has 2 aromatic carbocycles. The summed E-state index contributed by atoms with van der Waals surface area (Å²) in [4.78, 5) is 2.54. The molecule has 2 aromatic rings. The van der Waals surface area contributed by atoms with Crippen molar-refractivity contribution in [3.8, 4) is 11.5 Å². The van der Waals surface area contributed by atoms with E-state index in [9.17, 15) is 0 Å². The number of hydrogen-bond acceptors (Lipinski definition) is 4. The van der Waals surface area contributed by atoms with Gasteiger partial charge in [0.15, 0.2) is 11.5 Å². The molecule has 7 heteroatoms. The SMILES string of the molecule is CCN1CCC[C@@H]1CNCc1cc(Br)c(OCc2c(Cl)cccc2Cl)c(OC)c1. The molecule has 1 fully saturated rings. The lowest BCUT2D eigenvalue weighted by molar-refractivity contribution is 0.259. The number of likely N-dealkylation sites (N-methyl/N-ethyl adjacent to an activating group) is 1. The molecule has 29 heavy (non-hydrogen) atoms. The standard InChI is InChI=1S/C22H27BrCl2N2O2/c1-3-27-9-5-6-16(27)13-26-12-15-10-18(23)22(21(11-15)28-2)29-14-17-19(24)7-4-8-20(17)25/h4,7-8,10-11,16,26H,3,5-6,9,12-14H2,1-2H3/t16-/m1/s1. The van der Waals surface area contributed by atoms with E-state index < -0.39 is 0 Å². The third kappa shape index (κ3) is 5.80. The van der Waals surface area contributed by atoms with E-state index in [1.54, 1.807) is 19.2 Å². The lowest BCUT2D eigenvalue weighted by Gasteiger charge is -2.23. The molecule has 3 rings (SSSR count). The van der Waals surface area contributed by atoms with Crippen LogP contribution in [0.2, 0.25) is 10.0 Å². The van der Waals surface area contributed by atoms with Gasteiger partial charge in [0.05, 0.1) is 11.6 Å². The Bertz CT molecular complexity index is 814. The van der Waals surface area contributed by atoms with Crippen LogP contribution in [-0.4, -0.2) is 37.7 Å². The molecule has 0 saturated carbocycles. The minimum absolute atomic E-state index is 0.263. The first-order chi connectivity index (χ1) is 14.0. The predicted octanol–water partition coefficient (Wildman–Crippen LogP) is 5.92. The molecular formula is C22H27BrCl2N2O2. The van der Waals surface area contributed by atoms with E-state index >= 15 is 0 Å². The number of rotatable bonds is 9. The van der Waals surface area contributed by atoms with Crippen LogP contribution in [0.4, 0.5) is 0 Å². The normalized spacial score (nSPS) is 16.9. The number of nitrogens with zero attached hydrogens (tertiary/aromatic N) is 1. The Kier molecular flexibility index (Phi) is 8.51. The van der Waals surface area contributed by atoms with Gasteiger partial charge < -0.3 is 14.8 Å². The van der Waals surface area contributed by atoms with Gasteiger partial charge in [-0.3, -0.25) is 4.90 Å². The molecule has 0 bridgehead atoms. The van der Waals surface area contributed by atoms with E-state index in [4.69, 9.17) is 32.7 Å². The number of methoxy groups -OCH3 is 1. The van der Waals surface area contributed by atoms with E-state index in [1.165, 1.54) is 19.4 Å². The number of benzene rings is 2. The molecule has 1 saturated heterocycles. The van der Waals surface area contributed by atoms with Gasteiger partial charge in [0.25, 0.3) is 0 Å². The van der Waals surface area contributed by atoms with E-state index in [0.29, 0.717) is 27.6 Å². The van der Waals surface area contributed by atoms with Crippen molar-refractivity contribution in [3.05, 3.63) is 56.0 Å². The van der Waals surface area contributed by atoms with Gasteiger partial charge in [0.1, 0.15) is 6.61 Å². The molecule has 1 aliphatic rings. The molecule has 0 radical (unpaired) electrons. The lowest BCUT2D eigenvalue weighted by atomic mass is 10.1. The number of halogens is 3. The topological polar surface area (TPSA) is 33.7 Å². The Morgan fingerprint density at radius 2 is 2.00 bits per heavy atom. The highest BCUT2D eigenvalue weighted by molar-refractivity contribution is 9.10. The van der Waals surface area contributed by atoms with Crippen LogP contribution >= 0.6 is 39.1 Å². The monoisotopic (exact) mass is 500 g/mol. The van der Waals surface area contributed by atoms with Crippen LogP contribution < -0.4 is 14.8 Å². The van der Waals surface area contributed by atoms with E-state index in [0.717, 1.165) is 35.2 Å². The summed E-state index contributed by atoms with van der Waals surface area (Å²) < 4.78 is 12.4. The number of ether oxygens (including phenoxy) is 2. The summed E-state index contributed by atoms with van der Waals surface area (Å²) in [6, 6.07) is 10.1. The Morgan fingerprint density at radius 1 is 1.24 bits per heavy atom. The Morgan fingerprint density at radius 3 is 2.69 bits per heavy atom. The average molecular weight is 502 g/mol. The van der Waals surface area contributed by atoms with Crippen molar-refractivity contribution in [3.63, 3.8) is 0 Å². The molecule has 1 N–H and O–H groups in total. The van der Waals surface area contributed by atoms with Crippen molar-refractivity contribution in [2.24, 2.45) is 0 Å². The molecule has 0 amide bonds. The zero-order chi connectivity index (χ0) is 20.8. The number of likely N-dealkylation sites (tertiary alicyclic amines) is 1. The number of nitrogens with one attached hydrogen (secondary N) is 1. The van der Waals surface area contributed by atoms with Crippen molar-refractivity contribution in [1.82, 2.24) is 10.2 Å². The summed E-state index contributed by atoms with van der Waals surface area (Å²) in [6.07, 6.45) is 2.56. The van der Waals surface area contributed by atoms with Gasteiger partial charge in [-0.15, -0.1) is 0 Å². The third-order valence-corrected chi connectivity index (χ3v) is 6.62. The minimum Gasteiger partial charge on any atom is -0.493 e. The lowest BCUT2D eigenvalue weighted by Crippen LogP contribution is -2.37. The zero-order valence-electron chi connectivity index (χ0n) is 16.8. The average Bonchev–Trinajstić information content (AvgIpc) is 3.16. The van der Waals surface area contributed by atoms with Crippen molar-refractivity contribution >= 4 is 39.1 Å². The molecular weight excluding hydrogens is 475 g/mol. The zero-order valence-corrected chi connectivity index (χ0v) is 19.9. The fourth-order valence-electron chi connectivity index (χ4n) is 3.76. The highest BCUT2D eigenvalue weighted by atomic mass is 79.9. The minimum atomic E-state index is 0.263. The van der Waals surface area contributed by atoms with Crippen LogP contribution in [0.15, 0.2) is 34.8 Å². The van der Waals surface area contributed by atoms with Gasteiger partial charge in [-0.2, -0.15) is 0 Å². The molecule has 0 unspecified atom stereocenters. The summed E-state index contributed by atoms with van der Waals surface area (Å²) >= 11 is 16.1. The maximum atomic E-state index is 6.25. The summed E-state index contributed by atoms with van der Waals surface area (Å²) in [7, 11) is 1.64. The van der Waals surface area contributed by atoms with Crippen LogP contribution in [0.1, 0.15) is 30.9 Å². The van der Waals surface area contributed by atoms with E-state index in [2.05, 4.69) is 39.1 Å². The maximum Gasteiger partial charge on any atom is 0.175 e. The molecule has 1 aliphatic heterocycles. The van der Waals surface area contributed by atoms with Gasteiger partial charge in [-0.1, -0.05) is 36.2 Å². The largest absolute Gasteiger partial charge is 0.493 e. The molecule has 158 valence electrons. The van der Waals surface area contributed by atoms with Crippen LogP contribution in [0.25, 0.3) is 0 Å². The highest BCUT2D eigenvalue weighted by Crippen LogP contribution is 2.38. The quantitative estimate of drug-likeness (QED) is 0.462. The van der Waals surface area contributed by atoms with Crippen molar-refractivity contribution in [2.75, 3.05) is 26.7 Å². The first kappa shape index (κ1) is 22.7. The van der Waals surface area contributed by atoms with Crippen LogP contribution in [-0.2, 0) is 13.2 Å². The van der Waals surface area contributed by atoms with Crippen molar-refractivity contribution < 1.29 is 9.47 Å². The van der Waals surface area contributed by atoms with Crippen molar-refractivity contribution in [2.45, 2.75) is 39.0 Å². The first-order valence-corrected chi connectivity index (χ1v) is 11.4. The summed E-state index contributed by atoms with van der Waals surface area (Å²) in [5, 5.41) is 4.75. The number of hydrogen-bond donors (Lipinski definition) is 1. The van der Waals surface area contributed by atoms with Crippen LogP contribution in [0.3, 0.4) is 0 Å². The van der Waals surface area contributed by atoms with Gasteiger partial charge in [-0.05, 0) is 71.7 Å². The van der Waals surface area contributed by atoms with E-state index in [1.807, 2.05) is 12.1 Å². The van der Waals surface area contributed by atoms with E-state index in [-0.39, 0.29) is 6.61 Å². The Balaban J connectivity index is 1.64. The fourth-order valence-corrected chi connectivity index (χ4v) is 4.87. The molecule has 0 spiro atoms. The smallest absolute Gasteiger partial charge is 0.175 e. The molecule has 0 aromatic heterocycles. The summed E-state index contributed by atoms with van der Waals surface area (Å²) in [6.45, 7) is 6.60.